The Morgan fingerprint density at radius 2 is 2.21 bits per heavy atom. The lowest BCUT2D eigenvalue weighted by atomic mass is 10.1. The Morgan fingerprint density at radius 1 is 1.37 bits per heavy atom. The molecule has 2 fully saturated rings. The summed E-state index contributed by atoms with van der Waals surface area (Å²) in [5.41, 5.74) is 1.13. The van der Waals surface area contributed by atoms with E-state index in [-0.39, 0.29) is 12.1 Å². The molecule has 2 amide bonds. The summed E-state index contributed by atoms with van der Waals surface area (Å²) in [7, 11) is 0. The van der Waals surface area contributed by atoms with Gasteiger partial charge in [0.05, 0.1) is 6.04 Å². The van der Waals surface area contributed by atoms with E-state index >= 15 is 0 Å². The third-order valence-electron chi connectivity index (χ3n) is 4.01. The van der Waals surface area contributed by atoms with Crippen LogP contribution in [0.2, 0.25) is 0 Å². The number of amides is 2. The van der Waals surface area contributed by atoms with Gasteiger partial charge in [-0.25, -0.2) is 4.79 Å². The van der Waals surface area contributed by atoms with E-state index in [4.69, 9.17) is 0 Å². The maximum Gasteiger partial charge on any atom is 0.318 e. The van der Waals surface area contributed by atoms with Gasteiger partial charge in [-0.15, -0.1) is 0 Å². The molecule has 102 valence electrons. The molecule has 2 unspecified atom stereocenters. The van der Waals surface area contributed by atoms with Gasteiger partial charge < -0.3 is 15.5 Å². The average Bonchev–Trinajstić information content (AvgIpc) is 3.07. The lowest BCUT2D eigenvalue weighted by Gasteiger charge is -2.17. The number of carbonyl (C=O) groups is 1. The molecule has 1 aromatic heterocycles. The van der Waals surface area contributed by atoms with E-state index in [1.165, 1.54) is 12.8 Å². The Labute approximate surface area is 113 Å². The number of aromatic nitrogens is 1. The van der Waals surface area contributed by atoms with Crippen LogP contribution >= 0.6 is 0 Å². The molecule has 1 aromatic rings. The van der Waals surface area contributed by atoms with Crippen LogP contribution in [-0.4, -0.2) is 41.6 Å². The molecule has 0 bridgehead atoms. The second-order valence-electron chi connectivity index (χ2n) is 5.31. The fourth-order valence-electron chi connectivity index (χ4n) is 2.88. The Bertz CT molecular complexity index is 430. The Hall–Kier alpha value is -1.62. The summed E-state index contributed by atoms with van der Waals surface area (Å²) in [6.07, 6.45) is 7.09. The minimum atomic E-state index is 0.0554. The molecule has 5 nitrogen and oxygen atoms in total. The average molecular weight is 260 g/mol. The number of urea groups is 1. The Morgan fingerprint density at radius 3 is 2.95 bits per heavy atom. The number of nitrogens with one attached hydrogen (secondary N) is 2. The van der Waals surface area contributed by atoms with Crippen molar-refractivity contribution in [2.75, 3.05) is 19.6 Å². The van der Waals surface area contributed by atoms with Crippen LogP contribution < -0.4 is 10.6 Å². The molecule has 2 aliphatic rings. The number of hydrogen-bond acceptors (Lipinski definition) is 3. The van der Waals surface area contributed by atoms with Crippen molar-refractivity contribution in [3.8, 4) is 0 Å². The van der Waals surface area contributed by atoms with Gasteiger partial charge in [0.2, 0.25) is 0 Å². The second kappa shape index (κ2) is 5.57. The monoisotopic (exact) mass is 260 g/mol. The highest BCUT2D eigenvalue weighted by atomic mass is 16.2. The first-order chi connectivity index (χ1) is 9.33. The number of carbonyl (C=O) groups excluding carboxylic acids is 1. The van der Waals surface area contributed by atoms with E-state index in [2.05, 4.69) is 15.6 Å². The Balaban J connectivity index is 1.54. The molecule has 3 rings (SSSR count). The smallest absolute Gasteiger partial charge is 0.318 e. The zero-order valence-electron chi connectivity index (χ0n) is 11.0. The van der Waals surface area contributed by atoms with Gasteiger partial charge in [0.15, 0.2) is 0 Å². The number of rotatable bonds is 4. The predicted octanol–water partition coefficient (Wildman–Crippen LogP) is 1.29. The molecular weight excluding hydrogens is 240 g/mol. The van der Waals surface area contributed by atoms with Gasteiger partial charge in [0, 0.05) is 31.5 Å². The van der Waals surface area contributed by atoms with E-state index in [9.17, 15) is 4.79 Å². The van der Waals surface area contributed by atoms with Crippen LogP contribution in [0, 0.1) is 0 Å². The van der Waals surface area contributed by atoms with Crippen molar-refractivity contribution in [2.45, 2.75) is 31.3 Å². The van der Waals surface area contributed by atoms with Crippen molar-refractivity contribution in [3.63, 3.8) is 0 Å². The maximum atomic E-state index is 11.9. The van der Waals surface area contributed by atoms with Crippen molar-refractivity contribution in [3.05, 3.63) is 30.1 Å². The van der Waals surface area contributed by atoms with Crippen LogP contribution in [0.4, 0.5) is 4.79 Å². The first-order valence-electron chi connectivity index (χ1n) is 7.01. The van der Waals surface area contributed by atoms with Crippen molar-refractivity contribution in [2.24, 2.45) is 0 Å². The zero-order valence-corrected chi connectivity index (χ0v) is 11.0. The quantitative estimate of drug-likeness (QED) is 0.857. The number of nitrogens with zero attached hydrogens (tertiary/aromatic N) is 2. The van der Waals surface area contributed by atoms with Crippen LogP contribution in [0.5, 0.6) is 0 Å². The normalized spacial score (nSPS) is 26.7. The molecule has 19 heavy (non-hydrogen) atoms. The molecule has 2 atom stereocenters. The van der Waals surface area contributed by atoms with Gasteiger partial charge in [0.1, 0.15) is 0 Å². The third kappa shape index (κ3) is 2.87. The lowest BCUT2D eigenvalue weighted by Crippen LogP contribution is -2.33. The van der Waals surface area contributed by atoms with E-state index in [1.807, 2.05) is 17.0 Å². The van der Waals surface area contributed by atoms with Crippen molar-refractivity contribution in [1.29, 1.82) is 0 Å². The lowest BCUT2D eigenvalue weighted by molar-refractivity contribution is 0.215. The van der Waals surface area contributed by atoms with Crippen LogP contribution in [-0.2, 0) is 0 Å². The number of pyridine rings is 1. The summed E-state index contributed by atoms with van der Waals surface area (Å²) >= 11 is 0. The number of hydrogen-bond donors (Lipinski definition) is 2. The largest absolute Gasteiger partial charge is 0.329 e. The summed E-state index contributed by atoms with van der Waals surface area (Å²) in [5.74, 6) is 0. The van der Waals surface area contributed by atoms with Crippen molar-refractivity contribution >= 4 is 6.03 Å². The van der Waals surface area contributed by atoms with Crippen molar-refractivity contribution < 1.29 is 4.79 Å². The van der Waals surface area contributed by atoms with Gasteiger partial charge in [-0.05, 0) is 43.5 Å². The first kappa shape index (κ1) is 12.4. The standard InChI is InChI=1S/C14H20N4O/c19-14-17-13(11-3-7-15-8-4-11)10-18(14)9-5-12-2-1-6-16-12/h3-4,7-8,12-13,16H,1-2,5-6,9-10H2,(H,17,19). The molecular formula is C14H20N4O. The molecule has 0 radical (unpaired) electrons. The van der Waals surface area contributed by atoms with Gasteiger partial charge in [0.25, 0.3) is 0 Å². The minimum absolute atomic E-state index is 0.0554. The first-order valence-corrected chi connectivity index (χ1v) is 7.01. The molecule has 0 aliphatic carbocycles. The van der Waals surface area contributed by atoms with Crippen LogP contribution in [0.15, 0.2) is 24.5 Å². The summed E-state index contributed by atoms with van der Waals surface area (Å²) in [5, 5.41) is 6.51. The molecule has 2 aliphatic heterocycles. The fraction of sp³-hybridized carbons (Fsp3) is 0.571. The van der Waals surface area contributed by atoms with Crippen LogP contribution in [0.25, 0.3) is 0 Å². The van der Waals surface area contributed by atoms with Gasteiger partial charge in [-0.1, -0.05) is 0 Å². The van der Waals surface area contributed by atoms with E-state index < -0.39 is 0 Å². The molecule has 0 aromatic carbocycles. The summed E-state index contributed by atoms with van der Waals surface area (Å²) in [4.78, 5) is 17.9. The highest BCUT2D eigenvalue weighted by molar-refractivity contribution is 5.77. The van der Waals surface area contributed by atoms with Crippen LogP contribution in [0.1, 0.15) is 30.9 Å². The van der Waals surface area contributed by atoms with Gasteiger partial charge in [-0.3, -0.25) is 4.98 Å². The minimum Gasteiger partial charge on any atom is -0.329 e. The molecule has 3 heterocycles. The van der Waals surface area contributed by atoms with E-state index in [0.717, 1.165) is 31.6 Å². The molecule has 5 heteroatoms. The third-order valence-corrected chi connectivity index (χ3v) is 4.01. The molecule has 0 spiro atoms. The zero-order chi connectivity index (χ0) is 13.1. The molecule has 2 saturated heterocycles. The van der Waals surface area contributed by atoms with Crippen molar-refractivity contribution in [1.82, 2.24) is 20.5 Å². The highest BCUT2D eigenvalue weighted by Gasteiger charge is 2.29. The second-order valence-corrected chi connectivity index (χ2v) is 5.31. The predicted molar refractivity (Wildman–Crippen MR) is 72.7 cm³/mol. The highest BCUT2D eigenvalue weighted by Crippen LogP contribution is 2.20. The van der Waals surface area contributed by atoms with E-state index in [1.54, 1.807) is 12.4 Å². The molecule has 2 N–H and O–H groups in total. The van der Waals surface area contributed by atoms with Gasteiger partial charge >= 0.3 is 6.03 Å². The summed E-state index contributed by atoms with van der Waals surface area (Å²) in [6, 6.07) is 4.68. The Kier molecular flexibility index (Phi) is 3.64. The van der Waals surface area contributed by atoms with Gasteiger partial charge in [-0.2, -0.15) is 0 Å². The topological polar surface area (TPSA) is 57.3 Å². The van der Waals surface area contributed by atoms with Crippen LogP contribution in [0.3, 0.4) is 0 Å². The summed E-state index contributed by atoms with van der Waals surface area (Å²) < 4.78 is 0. The summed E-state index contributed by atoms with van der Waals surface area (Å²) in [6.45, 7) is 2.72. The molecule has 0 saturated carbocycles. The van der Waals surface area contributed by atoms with E-state index in [0.29, 0.717) is 6.04 Å². The SMILES string of the molecule is O=C1NC(c2ccncc2)CN1CCC1CCCN1. The maximum absolute atomic E-state index is 11.9. The fourth-order valence-corrected chi connectivity index (χ4v) is 2.88.